The van der Waals surface area contributed by atoms with Crippen molar-refractivity contribution < 1.29 is 9.53 Å². The molecule has 2 aromatic carbocycles. The van der Waals surface area contributed by atoms with Crippen LogP contribution in [-0.2, 0) is 11.3 Å². The summed E-state index contributed by atoms with van der Waals surface area (Å²) in [6.45, 7) is 2.89. The van der Waals surface area contributed by atoms with Gasteiger partial charge >= 0.3 is 6.09 Å². The summed E-state index contributed by atoms with van der Waals surface area (Å²) in [5.74, 6) is 0.907. The van der Waals surface area contributed by atoms with E-state index in [2.05, 4.69) is 25.9 Å². The molecule has 4 aromatic rings. The number of fused-ring (bicyclic) bond motifs is 3. The molecule has 1 fully saturated rings. The molecule has 29 heavy (non-hydrogen) atoms. The van der Waals surface area contributed by atoms with Crippen molar-refractivity contribution in [1.29, 1.82) is 0 Å². The zero-order chi connectivity index (χ0) is 19.6. The van der Waals surface area contributed by atoms with Crippen molar-refractivity contribution in [1.82, 2.24) is 19.9 Å². The SMILES string of the molecule is O=C(OCc1ccccc1)N1CCN(c2ncnc3[nH]c4ccccc4c23)CC1. The average molecular weight is 387 g/mol. The number of nitrogens with zero attached hydrogens (tertiary/aromatic N) is 4. The van der Waals surface area contributed by atoms with Crippen molar-refractivity contribution in [3.63, 3.8) is 0 Å². The van der Waals surface area contributed by atoms with Crippen LogP contribution in [0, 0.1) is 0 Å². The summed E-state index contributed by atoms with van der Waals surface area (Å²) in [7, 11) is 0. The molecule has 146 valence electrons. The smallest absolute Gasteiger partial charge is 0.410 e. The van der Waals surface area contributed by atoms with Gasteiger partial charge in [-0.3, -0.25) is 0 Å². The number of benzene rings is 2. The Morgan fingerprint density at radius 2 is 1.72 bits per heavy atom. The van der Waals surface area contributed by atoms with Gasteiger partial charge in [0.15, 0.2) is 0 Å². The predicted octanol–water partition coefficient (Wildman–Crippen LogP) is 3.57. The van der Waals surface area contributed by atoms with Crippen molar-refractivity contribution in [2.24, 2.45) is 0 Å². The van der Waals surface area contributed by atoms with E-state index in [-0.39, 0.29) is 6.09 Å². The van der Waals surface area contributed by atoms with Crippen molar-refractivity contribution >= 4 is 33.8 Å². The molecule has 0 spiro atoms. The first-order chi connectivity index (χ1) is 14.3. The maximum absolute atomic E-state index is 12.4. The minimum atomic E-state index is -0.270. The van der Waals surface area contributed by atoms with Gasteiger partial charge in [0.25, 0.3) is 0 Å². The fraction of sp³-hybridized carbons (Fsp3) is 0.227. The summed E-state index contributed by atoms with van der Waals surface area (Å²) in [6, 6.07) is 17.9. The second-order valence-electron chi connectivity index (χ2n) is 7.11. The van der Waals surface area contributed by atoms with Gasteiger partial charge in [-0.15, -0.1) is 0 Å². The standard InChI is InChI=1S/C22H21N5O2/c28-22(29-14-16-6-2-1-3-7-16)27-12-10-26(11-13-27)21-19-17-8-4-5-9-18(17)25-20(19)23-15-24-21/h1-9,15H,10-14H2,(H,23,24,25). The fourth-order valence-corrected chi connectivity index (χ4v) is 3.81. The Balaban J connectivity index is 1.29. The number of hydrogen-bond acceptors (Lipinski definition) is 5. The Bertz CT molecular complexity index is 1150. The van der Waals surface area contributed by atoms with Gasteiger partial charge in [0, 0.05) is 37.1 Å². The molecular weight excluding hydrogens is 366 g/mol. The molecule has 3 heterocycles. The van der Waals surface area contributed by atoms with Crippen LogP contribution in [0.3, 0.4) is 0 Å². The minimum Gasteiger partial charge on any atom is -0.445 e. The maximum atomic E-state index is 12.4. The third-order valence-electron chi connectivity index (χ3n) is 5.32. The molecule has 1 saturated heterocycles. The first-order valence-corrected chi connectivity index (χ1v) is 9.71. The molecule has 0 bridgehead atoms. The van der Waals surface area contributed by atoms with Gasteiger partial charge < -0.3 is 19.5 Å². The van der Waals surface area contributed by atoms with Crippen molar-refractivity contribution in [2.75, 3.05) is 31.1 Å². The Morgan fingerprint density at radius 1 is 0.966 bits per heavy atom. The Kier molecular flexibility index (Phi) is 4.48. The van der Waals surface area contributed by atoms with Gasteiger partial charge in [0.05, 0.1) is 5.39 Å². The van der Waals surface area contributed by atoms with Crippen LogP contribution in [0.2, 0.25) is 0 Å². The molecule has 1 aliphatic rings. The number of ether oxygens (including phenoxy) is 1. The highest BCUT2D eigenvalue weighted by atomic mass is 16.6. The third-order valence-corrected chi connectivity index (χ3v) is 5.32. The number of nitrogens with one attached hydrogen (secondary N) is 1. The molecule has 0 saturated carbocycles. The Labute approximate surface area is 167 Å². The molecule has 7 nitrogen and oxygen atoms in total. The topological polar surface area (TPSA) is 74.3 Å². The Morgan fingerprint density at radius 3 is 2.55 bits per heavy atom. The van der Waals surface area contributed by atoms with E-state index in [9.17, 15) is 4.79 Å². The number of aromatic amines is 1. The van der Waals surface area contributed by atoms with Crippen LogP contribution in [0.1, 0.15) is 5.56 Å². The molecular formula is C22H21N5O2. The first kappa shape index (κ1) is 17.5. The lowest BCUT2D eigenvalue weighted by molar-refractivity contribution is 0.0941. The van der Waals surface area contributed by atoms with E-state index in [0.717, 1.165) is 33.3 Å². The minimum absolute atomic E-state index is 0.270. The monoisotopic (exact) mass is 387 g/mol. The van der Waals surface area contributed by atoms with E-state index in [0.29, 0.717) is 32.8 Å². The molecule has 7 heteroatoms. The zero-order valence-corrected chi connectivity index (χ0v) is 15.9. The molecule has 0 aliphatic carbocycles. The van der Waals surface area contributed by atoms with Crippen molar-refractivity contribution in [3.8, 4) is 0 Å². The van der Waals surface area contributed by atoms with Crippen LogP contribution >= 0.6 is 0 Å². The lowest BCUT2D eigenvalue weighted by Crippen LogP contribution is -2.49. The largest absolute Gasteiger partial charge is 0.445 e. The normalized spacial score (nSPS) is 14.5. The summed E-state index contributed by atoms with van der Waals surface area (Å²) >= 11 is 0. The van der Waals surface area contributed by atoms with Crippen LogP contribution in [0.4, 0.5) is 10.6 Å². The highest BCUT2D eigenvalue weighted by Crippen LogP contribution is 2.31. The molecule has 1 amide bonds. The molecule has 0 unspecified atom stereocenters. The molecule has 0 radical (unpaired) electrons. The lowest BCUT2D eigenvalue weighted by Gasteiger charge is -2.35. The van der Waals surface area contributed by atoms with Gasteiger partial charge in [-0.05, 0) is 11.6 Å². The summed E-state index contributed by atoms with van der Waals surface area (Å²) in [5, 5.41) is 2.14. The van der Waals surface area contributed by atoms with Gasteiger partial charge in [-0.2, -0.15) is 0 Å². The van der Waals surface area contributed by atoms with E-state index < -0.39 is 0 Å². The number of rotatable bonds is 3. The second kappa shape index (κ2) is 7.43. The molecule has 2 aromatic heterocycles. The molecule has 1 aliphatic heterocycles. The number of para-hydroxylation sites is 1. The summed E-state index contributed by atoms with van der Waals surface area (Å²) in [6.07, 6.45) is 1.32. The molecule has 0 atom stereocenters. The number of amides is 1. The maximum Gasteiger partial charge on any atom is 0.410 e. The number of aromatic nitrogens is 3. The quantitative estimate of drug-likeness (QED) is 0.582. The van der Waals surface area contributed by atoms with Crippen LogP contribution in [0.15, 0.2) is 60.9 Å². The second-order valence-corrected chi connectivity index (χ2v) is 7.11. The summed E-state index contributed by atoms with van der Waals surface area (Å²) in [5.41, 5.74) is 2.87. The zero-order valence-electron chi connectivity index (χ0n) is 15.9. The first-order valence-electron chi connectivity index (χ1n) is 9.71. The molecule has 5 rings (SSSR count). The molecule has 1 N–H and O–H groups in total. The number of carbonyl (C=O) groups is 1. The van der Waals surface area contributed by atoms with Gasteiger partial charge in [0.2, 0.25) is 0 Å². The summed E-state index contributed by atoms with van der Waals surface area (Å²) < 4.78 is 5.46. The van der Waals surface area contributed by atoms with E-state index in [1.54, 1.807) is 11.2 Å². The lowest BCUT2D eigenvalue weighted by atomic mass is 10.2. The van der Waals surface area contributed by atoms with E-state index in [1.807, 2.05) is 48.5 Å². The number of carbonyl (C=O) groups excluding carboxylic acids is 1. The number of hydrogen-bond donors (Lipinski definition) is 1. The van der Waals surface area contributed by atoms with Crippen molar-refractivity contribution in [3.05, 3.63) is 66.5 Å². The average Bonchev–Trinajstić information content (AvgIpc) is 3.17. The third kappa shape index (κ3) is 3.35. The van der Waals surface area contributed by atoms with Crippen LogP contribution in [0.5, 0.6) is 0 Å². The van der Waals surface area contributed by atoms with Crippen molar-refractivity contribution in [2.45, 2.75) is 6.61 Å². The van der Waals surface area contributed by atoms with E-state index in [1.165, 1.54) is 0 Å². The van der Waals surface area contributed by atoms with E-state index >= 15 is 0 Å². The highest BCUT2D eigenvalue weighted by molar-refractivity contribution is 6.11. The highest BCUT2D eigenvalue weighted by Gasteiger charge is 2.25. The van der Waals surface area contributed by atoms with Gasteiger partial charge in [-0.25, -0.2) is 14.8 Å². The van der Waals surface area contributed by atoms with Crippen LogP contribution in [0.25, 0.3) is 21.9 Å². The van der Waals surface area contributed by atoms with Gasteiger partial charge in [-0.1, -0.05) is 48.5 Å². The summed E-state index contributed by atoms with van der Waals surface area (Å²) in [4.78, 5) is 28.7. The van der Waals surface area contributed by atoms with Crippen LogP contribution < -0.4 is 4.90 Å². The fourth-order valence-electron chi connectivity index (χ4n) is 3.81. The number of H-pyrrole nitrogens is 1. The number of piperazine rings is 1. The van der Waals surface area contributed by atoms with Gasteiger partial charge in [0.1, 0.15) is 24.4 Å². The number of anilines is 1. The van der Waals surface area contributed by atoms with Crippen LogP contribution in [-0.4, -0.2) is 52.1 Å². The Hall–Kier alpha value is -3.61. The van der Waals surface area contributed by atoms with E-state index in [4.69, 9.17) is 4.74 Å². The predicted molar refractivity (Wildman–Crippen MR) is 112 cm³/mol.